The first kappa shape index (κ1) is 16.2. The number of fused-ring (bicyclic) bond motifs is 2. The number of benzene rings is 1. The number of carbonyl (C=O) groups is 1. The Balaban J connectivity index is 1.58. The molecule has 0 saturated heterocycles. The van der Waals surface area contributed by atoms with Crippen molar-refractivity contribution in [3.8, 4) is 0 Å². The molecule has 0 fully saturated rings. The maximum absolute atomic E-state index is 12.4. The molecule has 0 spiro atoms. The second-order valence-corrected chi connectivity index (χ2v) is 6.75. The summed E-state index contributed by atoms with van der Waals surface area (Å²) >= 11 is 1.47. The van der Waals surface area contributed by atoms with Crippen molar-refractivity contribution in [3.63, 3.8) is 0 Å². The van der Waals surface area contributed by atoms with Crippen LogP contribution in [0, 0.1) is 0 Å². The molecule has 0 atom stereocenters. The number of carbonyl (C=O) groups excluding carboxylic acids is 1. The standard InChI is InChI=1S/C16H15N7O2S/c1-21-11-5-3-4-6-12(11)26-16(21)20-19-13(24)8-23-9-17-14-10(15(23)25)7-18-22(14)2/h3-7,9H,8H2,1-2H3,(H,19,24)/b20-16+. The third-order valence-electron chi connectivity index (χ3n) is 4.02. The third kappa shape index (κ3) is 2.69. The monoisotopic (exact) mass is 369 g/mol. The molecular weight excluding hydrogens is 354 g/mol. The molecule has 0 aliphatic carbocycles. The minimum Gasteiger partial charge on any atom is -0.318 e. The largest absolute Gasteiger partial charge is 0.318 e. The Hall–Kier alpha value is -3.27. The second kappa shape index (κ2) is 6.23. The van der Waals surface area contributed by atoms with E-state index < -0.39 is 5.91 Å². The van der Waals surface area contributed by atoms with Crippen LogP contribution in [0.4, 0.5) is 0 Å². The van der Waals surface area contributed by atoms with Crippen LogP contribution in [0.1, 0.15) is 0 Å². The van der Waals surface area contributed by atoms with Gasteiger partial charge in [0.2, 0.25) is 4.80 Å². The number of hydrogen-bond donors (Lipinski definition) is 1. The first-order valence-corrected chi connectivity index (χ1v) is 8.60. The van der Waals surface area contributed by atoms with Crippen molar-refractivity contribution in [1.29, 1.82) is 0 Å². The summed E-state index contributed by atoms with van der Waals surface area (Å²) in [6.07, 6.45) is 2.78. The van der Waals surface area contributed by atoms with Crippen LogP contribution in [-0.2, 0) is 25.4 Å². The summed E-state index contributed by atoms with van der Waals surface area (Å²) in [5.74, 6) is -0.408. The van der Waals surface area contributed by atoms with Crippen molar-refractivity contribution in [2.75, 3.05) is 0 Å². The van der Waals surface area contributed by atoms with Gasteiger partial charge in [-0.3, -0.25) is 18.8 Å². The lowest BCUT2D eigenvalue weighted by Gasteiger charge is -2.04. The lowest BCUT2D eigenvalue weighted by Crippen LogP contribution is -2.31. The number of rotatable bonds is 3. The van der Waals surface area contributed by atoms with Crippen LogP contribution in [0.2, 0.25) is 0 Å². The van der Waals surface area contributed by atoms with Crippen LogP contribution < -0.4 is 15.8 Å². The predicted octanol–water partition coefficient (Wildman–Crippen LogP) is 0.315. The van der Waals surface area contributed by atoms with Gasteiger partial charge in [0, 0.05) is 14.1 Å². The fourth-order valence-electron chi connectivity index (χ4n) is 2.67. The molecule has 0 saturated carbocycles. The molecule has 10 heteroatoms. The normalized spacial score (nSPS) is 12.2. The van der Waals surface area contributed by atoms with Gasteiger partial charge in [-0.2, -0.15) is 5.10 Å². The highest BCUT2D eigenvalue weighted by Crippen LogP contribution is 2.14. The van der Waals surface area contributed by atoms with Crippen LogP contribution in [0.25, 0.3) is 21.3 Å². The smallest absolute Gasteiger partial charge is 0.264 e. The van der Waals surface area contributed by atoms with E-state index in [1.807, 2.05) is 35.9 Å². The highest BCUT2D eigenvalue weighted by Gasteiger charge is 2.10. The summed E-state index contributed by atoms with van der Waals surface area (Å²) in [4.78, 5) is 29.4. The molecule has 0 radical (unpaired) electrons. The van der Waals surface area contributed by atoms with E-state index in [1.54, 1.807) is 7.05 Å². The quantitative estimate of drug-likeness (QED) is 0.526. The van der Waals surface area contributed by atoms with E-state index in [0.29, 0.717) is 15.8 Å². The molecule has 132 valence electrons. The Morgan fingerprint density at radius 1 is 1.31 bits per heavy atom. The van der Waals surface area contributed by atoms with E-state index in [9.17, 15) is 9.59 Å². The number of aryl methyl sites for hydroxylation is 2. The van der Waals surface area contributed by atoms with E-state index in [1.165, 1.54) is 33.1 Å². The molecule has 0 bridgehead atoms. The van der Waals surface area contributed by atoms with Gasteiger partial charge in [0.15, 0.2) is 5.65 Å². The van der Waals surface area contributed by atoms with Crippen LogP contribution >= 0.6 is 11.3 Å². The van der Waals surface area contributed by atoms with Crippen LogP contribution in [-0.4, -0.2) is 29.8 Å². The first-order chi connectivity index (χ1) is 12.5. The Bertz CT molecular complexity index is 1260. The Morgan fingerprint density at radius 3 is 2.92 bits per heavy atom. The summed E-state index contributed by atoms with van der Waals surface area (Å²) in [7, 11) is 3.59. The van der Waals surface area contributed by atoms with Gasteiger partial charge in [-0.25, -0.2) is 10.4 Å². The van der Waals surface area contributed by atoms with E-state index in [4.69, 9.17) is 0 Å². The molecule has 0 unspecified atom stereocenters. The zero-order valence-corrected chi connectivity index (χ0v) is 14.9. The first-order valence-electron chi connectivity index (χ1n) is 7.79. The summed E-state index contributed by atoms with van der Waals surface area (Å²) in [6.45, 7) is -0.172. The minimum absolute atomic E-state index is 0.172. The van der Waals surface area contributed by atoms with Crippen molar-refractivity contribution >= 4 is 38.5 Å². The summed E-state index contributed by atoms with van der Waals surface area (Å²) in [6, 6.07) is 7.89. The number of hydrogen-bond acceptors (Lipinski definition) is 6. The molecule has 4 rings (SSSR count). The third-order valence-corrected chi connectivity index (χ3v) is 5.14. The zero-order valence-electron chi connectivity index (χ0n) is 14.1. The number of aromatic nitrogens is 5. The Morgan fingerprint density at radius 2 is 2.12 bits per heavy atom. The number of nitrogens with one attached hydrogen (secondary N) is 1. The van der Waals surface area contributed by atoms with Gasteiger partial charge in [0.1, 0.15) is 18.3 Å². The van der Waals surface area contributed by atoms with Gasteiger partial charge >= 0.3 is 0 Å². The van der Waals surface area contributed by atoms with Crippen molar-refractivity contribution in [1.82, 2.24) is 29.3 Å². The molecule has 26 heavy (non-hydrogen) atoms. The van der Waals surface area contributed by atoms with Crippen molar-refractivity contribution in [2.24, 2.45) is 19.2 Å². The average Bonchev–Trinajstić information content (AvgIpc) is 3.17. The second-order valence-electron chi connectivity index (χ2n) is 5.74. The predicted molar refractivity (Wildman–Crippen MR) is 97.3 cm³/mol. The number of amides is 1. The maximum Gasteiger partial charge on any atom is 0.264 e. The van der Waals surface area contributed by atoms with Gasteiger partial charge < -0.3 is 4.57 Å². The highest BCUT2D eigenvalue weighted by atomic mass is 32.1. The fraction of sp³-hybridized carbons (Fsp3) is 0.188. The molecule has 1 amide bonds. The van der Waals surface area contributed by atoms with E-state index >= 15 is 0 Å². The average molecular weight is 369 g/mol. The van der Waals surface area contributed by atoms with E-state index in [2.05, 4.69) is 20.6 Å². The lowest BCUT2D eigenvalue weighted by molar-refractivity contribution is -0.121. The summed E-state index contributed by atoms with van der Waals surface area (Å²) in [5.41, 5.74) is 3.70. The van der Waals surface area contributed by atoms with Crippen molar-refractivity contribution < 1.29 is 4.79 Å². The molecule has 1 aromatic carbocycles. The highest BCUT2D eigenvalue weighted by molar-refractivity contribution is 7.16. The molecule has 9 nitrogen and oxygen atoms in total. The Kier molecular flexibility index (Phi) is 3.88. The van der Waals surface area contributed by atoms with Crippen molar-refractivity contribution in [3.05, 3.63) is 51.9 Å². The summed E-state index contributed by atoms with van der Waals surface area (Å²) in [5, 5.41) is 8.54. The Labute approximate surface area is 150 Å². The molecule has 4 aromatic rings. The summed E-state index contributed by atoms with van der Waals surface area (Å²) < 4.78 is 5.72. The molecule has 1 N–H and O–H groups in total. The SMILES string of the molecule is Cn1ncc2c(=O)n(CC(=O)N/N=c3/sc4ccccc4n3C)cnc21. The molecule has 0 aliphatic rings. The van der Waals surface area contributed by atoms with Gasteiger partial charge in [-0.05, 0) is 12.1 Å². The van der Waals surface area contributed by atoms with E-state index in [-0.39, 0.29) is 12.1 Å². The van der Waals surface area contributed by atoms with Crippen LogP contribution in [0.3, 0.4) is 0 Å². The van der Waals surface area contributed by atoms with E-state index in [0.717, 1.165) is 10.2 Å². The number of nitrogens with zero attached hydrogens (tertiary/aromatic N) is 6. The van der Waals surface area contributed by atoms with Crippen LogP contribution in [0.15, 0.2) is 46.7 Å². The van der Waals surface area contributed by atoms with Gasteiger partial charge in [0.25, 0.3) is 11.5 Å². The topological polar surface area (TPSA) is 99.1 Å². The molecular formula is C16H15N7O2S. The molecule has 3 heterocycles. The van der Waals surface area contributed by atoms with Crippen LogP contribution in [0.5, 0.6) is 0 Å². The van der Waals surface area contributed by atoms with Crippen molar-refractivity contribution in [2.45, 2.75) is 6.54 Å². The van der Waals surface area contributed by atoms with Gasteiger partial charge in [-0.1, -0.05) is 23.5 Å². The zero-order chi connectivity index (χ0) is 18.3. The number of para-hydroxylation sites is 1. The molecule has 0 aliphatic heterocycles. The molecule has 3 aromatic heterocycles. The number of thiazole rings is 1. The fourth-order valence-corrected chi connectivity index (χ4v) is 3.65. The van der Waals surface area contributed by atoms with Gasteiger partial charge in [0.05, 0.1) is 16.4 Å². The van der Waals surface area contributed by atoms with Gasteiger partial charge in [-0.15, -0.1) is 5.10 Å². The maximum atomic E-state index is 12.4. The minimum atomic E-state index is -0.408. The lowest BCUT2D eigenvalue weighted by atomic mass is 10.3.